The zero-order valence-electron chi connectivity index (χ0n) is 12.6. The number of rotatable bonds is 4. The molecular weight excluding hydrogens is 294 g/mol. The molecule has 0 saturated carbocycles. The van der Waals surface area contributed by atoms with E-state index in [4.69, 9.17) is 9.47 Å². The Morgan fingerprint density at radius 2 is 2.30 bits per heavy atom. The molecular formula is C16H15N5O2. The van der Waals surface area contributed by atoms with Gasteiger partial charge < -0.3 is 9.47 Å². The second-order valence-electron chi connectivity index (χ2n) is 5.03. The Morgan fingerprint density at radius 1 is 1.35 bits per heavy atom. The van der Waals surface area contributed by atoms with Gasteiger partial charge in [-0.3, -0.25) is 4.98 Å². The van der Waals surface area contributed by atoms with Gasteiger partial charge >= 0.3 is 0 Å². The summed E-state index contributed by atoms with van der Waals surface area (Å²) in [5.74, 6) is 0.771. The minimum Gasteiger partial charge on any atom is -0.491 e. The highest BCUT2D eigenvalue weighted by Gasteiger charge is 2.19. The van der Waals surface area contributed by atoms with Crippen molar-refractivity contribution < 1.29 is 9.47 Å². The average Bonchev–Trinajstić information content (AvgIpc) is 3.23. The molecule has 4 rings (SSSR count). The quantitative estimate of drug-likeness (QED) is 0.797. The van der Waals surface area contributed by atoms with Gasteiger partial charge in [0.05, 0.1) is 18.9 Å². The molecule has 0 atom stereocenters. The van der Waals surface area contributed by atoms with Crippen LogP contribution in [0.3, 0.4) is 0 Å². The van der Waals surface area contributed by atoms with Crippen LogP contribution in [0.25, 0.3) is 28.2 Å². The Labute approximate surface area is 132 Å². The molecule has 7 heteroatoms. The summed E-state index contributed by atoms with van der Waals surface area (Å²) in [6.45, 7) is 3.13. The van der Waals surface area contributed by atoms with E-state index < -0.39 is 0 Å². The number of nitrogens with one attached hydrogen (secondary N) is 1. The zero-order chi connectivity index (χ0) is 15.6. The van der Waals surface area contributed by atoms with Crippen molar-refractivity contribution in [1.82, 2.24) is 24.9 Å². The van der Waals surface area contributed by atoms with Gasteiger partial charge in [-0.05, 0) is 25.1 Å². The van der Waals surface area contributed by atoms with Crippen LogP contribution < -0.4 is 4.74 Å². The van der Waals surface area contributed by atoms with Gasteiger partial charge in [0.1, 0.15) is 23.3 Å². The van der Waals surface area contributed by atoms with Gasteiger partial charge in [-0.1, -0.05) is 0 Å². The van der Waals surface area contributed by atoms with E-state index in [-0.39, 0.29) is 0 Å². The Kier molecular flexibility index (Phi) is 3.38. The molecule has 0 spiro atoms. The molecule has 7 nitrogen and oxygen atoms in total. The molecule has 0 bridgehead atoms. The van der Waals surface area contributed by atoms with Gasteiger partial charge in [-0.2, -0.15) is 4.98 Å². The highest BCUT2D eigenvalue weighted by Crippen LogP contribution is 2.32. The smallest absolute Gasteiger partial charge is 0.295 e. The summed E-state index contributed by atoms with van der Waals surface area (Å²) in [7, 11) is 0. The van der Waals surface area contributed by atoms with Gasteiger partial charge in [-0.15, -0.1) is 0 Å². The van der Waals surface area contributed by atoms with Gasteiger partial charge in [0, 0.05) is 18.2 Å². The van der Waals surface area contributed by atoms with Crippen LogP contribution >= 0.6 is 0 Å². The van der Waals surface area contributed by atoms with Crippen molar-refractivity contribution in [2.24, 2.45) is 0 Å². The number of hydrogen-bond acceptors (Lipinski definition) is 6. The minimum absolute atomic E-state index is 0.460. The lowest BCUT2D eigenvalue weighted by Crippen LogP contribution is -1.97. The van der Waals surface area contributed by atoms with Crippen molar-refractivity contribution in [2.75, 3.05) is 13.2 Å². The lowest BCUT2D eigenvalue weighted by atomic mass is 10.1. The lowest BCUT2D eigenvalue weighted by Gasteiger charge is -2.09. The highest BCUT2D eigenvalue weighted by molar-refractivity contribution is 5.85. The molecule has 0 aliphatic carbocycles. The summed E-state index contributed by atoms with van der Waals surface area (Å²) in [5.41, 5.74) is 3.78. The predicted molar refractivity (Wildman–Crippen MR) is 84.6 cm³/mol. The fraction of sp³-hybridized carbons (Fsp3) is 0.250. The topological polar surface area (TPSA) is 85.8 Å². The average molecular weight is 309 g/mol. The number of nitrogens with zero attached hydrogens (tertiary/aromatic N) is 4. The second-order valence-corrected chi connectivity index (χ2v) is 5.03. The molecule has 1 aliphatic heterocycles. The van der Waals surface area contributed by atoms with Crippen molar-refractivity contribution in [1.29, 1.82) is 0 Å². The minimum atomic E-state index is 0.460. The van der Waals surface area contributed by atoms with E-state index in [0.29, 0.717) is 24.9 Å². The van der Waals surface area contributed by atoms with E-state index in [1.54, 1.807) is 6.20 Å². The van der Waals surface area contributed by atoms with Crippen molar-refractivity contribution in [3.05, 3.63) is 36.4 Å². The molecule has 0 radical (unpaired) electrons. The van der Waals surface area contributed by atoms with Crippen LogP contribution in [0.5, 0.6) is 6.01 Å². The van der Waals surface area contributed by atoms with Crippen LogP contribution in [0.1, 0.15) is 19.0 Å². The van der Waals surface area contributed by atoms with Gasteiger partial charge in [0.15, 0.2) is 5.65 Å². The Morgan fingerprint density at radius 3 is 3.04 bits per heavy atom. The van der Waals surface area contributed by atoms with Gasteiger partial charge in [0.2, 0.25) is 0 Å². The third kappa shape index (κ3) is 2.50. The van der Waals surface area contributed by atoms with Crippen LogP contribution in [0.4, 0.5) is 0 Å². The van der Waals surface area contributed by atoms with Crippen LogP contribution in [0.15, 0.2) is 30.7 Å². The molecule has 0 saturated heterocycles. The van der Waals surface area contributed by atoms with E-state index in [1.807, 2.05) is 25.1 Å². The first-order chi connectivity index (χ1) is 11.3. The van der Waals surface area contributed by atoms with Gasteiger partial charge in [0.25, 0.3) is 6.01 Å². The normalized spacial score (nSPS) is 13.9. The number of aromatic nitrogens is 5. The molecule has 3 aromatic heterocycles. The van der Waals surface area contributed by atoms with Crippen molar-refractivity contribution in [3.63, 3.8) is 0 Å². The Hall–Kier alpha value is -2.96. The van der Waals surface area contributed by atoms with Crippen molar-refractivity contribution in [2.45, 2.75) is 13.3 Å². The standard InChI is InChI=1S/C16H15N5O2/c1-2-22-16-19-12-8-10(11-5-6-17-9-18-11)14(20-15(12)21-16)13-4-3-7-23-13/h4-6,8-9H,2-3,7H2,1H3,(H,19,20,21). The molecule has 1 N–H and O–H groups in total. The monoisotopic (exact) mass is 309 g/mol. The van der Waals surface area contributed by atoms with E-state index in [9.17, 15) is 0 Å². The first kappa shape index (κ1) is 13.7. The molecule has 0 unspecified atom stereocenters. The maximum atomic E-state index is 5.69. The van der Waals surface area contributed by atoms with Gasteiger partial charge in [-0.25, -0.2) is 15.0 Å². The zero-order valence-corrected chi connectivity index (χ0v) is 12.6. The largest absolute Gasteiger partial charge is 0.491 e. The summed E-state index contributed by atoms with van der Waals surface area (Å²) in [6.07, 6.45) is 6.14. The predicted octanol–water partition coefficient (Wildman–Crippen LogP) is 2.57. The molecule has 1 aliphatic rings. The molecule has 23 heavy (non-hydrogen) atoms. The van der Waals surface area contributed by atoms with Crippen LogP contribution in [0.2, 0.25) is 0 Å². The first-order valence-corrected chi connectivity index (χ1v) is 7.48. The maximum absolute atomic E-state index is 5.69. The Balaban J connectivity index is 1.92. The summed E-state index contributed by atoms with van der Waals surface area (Å²) in [5, 5.41) is 0. The number of fused-ring (bicyclic) bond motifs is 1. The molecule has 116 valence electrons. The summed E-state index contributed by atoms with van der Waals surface area (Å²) >= 11 is 0. The van der Waals surface area contributed by atoms with E-state index >= 15 is 0 Å². The van der Waals surface area contributed by atoms with E-state index in [0.717, 1.165) is 34.6 Å². The molecule has 3 aromatic rings. The highest BCUT2D eigenvalue weighted by atomic mass is 16.5. The number of ether oxygens (including phenoxy) is 2. The number of H-pyrrole nitrogens is 1. The summed E-state index contributed by atoms with van der Waals surface area (Å²) in [4.78, 5) is 20.5. The number of aromatic amines is 1. The van der Waals surface area contributed by atoms with Crippen LogP contribution in [-0.4, -0.2) is 38.1 Å². The molecule has 4 heterocycles. The summed E-state index contributed by atoms with van der Waals surface area (Å²) in [6, 6.07) is 4.25. The van der Waals surface area contributed by atoms with Crippen LogP contribution in [-0.2, 0) is 4.74 Å². The van der Waals surface area contributed by atoms with Crippen molar-refractivity contribution >= 4 is 16.9 Å². The first-order valence-electron chi connectivity index (χ1n) is 7.48. The molecule has 0 fully saturated rings. The van der Waals surface area contributed by atoms with Crippen LogP contribution in [0, 0.1) is 0 Å². The number of pyridine rings is 1. The molecule has 0 amide bonds. The lowest BCUT2D eigenvalue weighted by molar-refractivity contribution is 0.306. The second kappa shape index (κ2) is 5.68. The third-order valence-corrected chi connectivity index (χ3v) is 3.53. The SMILES string of the molecule is CCOc1nc2cc(-c3ccncn3)c(C3=CCCO3)nc2[nH]1. The van der Waals surface area contributed by atoms with Crippen molar-refractivity contribution in [3.8, 4) is 17.3 Å². The maximum Gasteiger partial charge on any atom is 0.295 e. The number of imidazole rings is 1. The van der Waals surface area contributed by atoms with E-state index in [2.05, 4.69) is 24.9 Å². The molecule has 0 aromatic carbocycles. The third-order valence-electron chi connectivity index (χ3n) is 3.53. The Bertz CT molecular complexity index is 873. The summed E-state index contributed by atoms with van der Waals surface area (Å²) < 4.78 is 11.1. The fourth-order valence-corrected chi connectivity index (χ4v) is 2.54. The number of hydrogen-bond donors (Lipinski definition) is 1. The van der Waals surface area contributed by atoms with E-state index in [1.165, 1.54) is 6.33 Å². The fourth-order valence-electron chi connectivity index (χ4n) is 2.54.